The van der Waals surface area contributed by atoms with Crippen LogP contribution in [0.3, 0.4) is 0 Å². The van der Waals surface area contributed by atoms with Crippen molar-refractivity contribution in [3.05, 3.63) is 28.2 Å². The molecule has 0 radical (unpaired) electrons. The first-order valence-corrected chi connectivity index (χ1v) is 8.09. The summed E-state index contributed by atoms with van der Waals surface area (Å²) < 4.78 is 0. The molecule has 0 saturated carbocycles. The normalized spacial score (nSPS) is 11.9. The summed E-state index contributed by atoms with van der Waals surface area (Å²) in [6.07, 6.45) is 0. The van der Waals surface area contributed by atoms with Crippen LogP contribution in [0.25, 0.3) is 0 Å². The van der Waals surface area contributed by atoms with Gasteiger partial charge < -0.3 is 5.11 Å². The van der Waals surface area contributed by atoms with Crippen molar-refractivity contribution in [2.24, 2.45) is 0 Å². The number of hydrogen-bond donors (Lipinski definition) is 1. The van der Waals surface area contributed by atoms with Gasteiger partial charge in [0.1, 0.15) is 5.54 Å². The second-order valence-electron chi connectivity index (χ2n) is 4.87. The first-order chi connectivity index (χ1) is 9.28. The molecule has 0 fully saturated rings. The number of rotatable bonds is 7. The predicted molar refractivity (Wildman–Crippen MR) is 86.1 cm³/mol. The van der Waals surface area contributed by atoms with Gasteiger partial charge in [-0.25, -0.2) is 0 Å². The van der Waals surface area contributed by atoms with E-state index in [1.807, 2.05) is 17.9 Å². The van der Waals surface area contributed by atoms with Gasteiger partial charge in [-0.1, -0.05) is 30.1 Å². The van der Waals surface area contributed by atoms with Crippen molar-refractivity contribution in [3.8, 4) is 0 Å². The number of carbonyl (C=O) groups is 1. The fourth-order valence-corrected chi connectivity index (χ4v) is 3.29. The number of benzene rings is 1. The van der Waals surface area contributed by atoms with Crippen LogP contribution in [0.2, 0.25) is 10.0 Å². The van der Waals surface area contributed by atoms with Gasteiger partial charge >= 0.3 is 5.97 Å². The molecule has 0 amide bonds. The second-order valence-corrected chi connectivity index (χ2v) is 6.85. The molecule has 1 aromatic carbocycles. The molecule has 1 N–H and O–H groups in total. The maximum absolute atomic E-state index is 11.3. The van der Waals surface area contributed by atoms with E-state index < -0.39 is 11.5 Å². The lowest BCUT2D eigenvalue weighted by atomic mass is 10.0. The van der Waals surface area contributed by atoms with E-state index in [2.05, 4.69) is 0 Å². The van der Waals surface area contributed by atoms with Crippen LogP contribution in [0.15, 0.2) is 23.1 Å². The standard InChI is InChI=1S/C14H19Cl2NO2S/c1-4-17(14(2,3)13(18)19)7-8-20-12-9-10(15)5-6-11(12)16/h5-6,9H,4,7-8H2,1-3H3,(H,18,19). The predicted octanol–water partition coefficient (Wildman–Crippen LogP) is 4.27. The van der Waals surface area contributed by atoms with E-state index >= 15 is 0 Å². The van der Waals surface area contributed by atoms with Crippen molar-refractivity contribution >= 4 is 40.9 Å². The number of halogens is 2. The average molecular weight is 336 g/mol. The average Bonchev–Trinajstić information content (AvgIpc) is 2.38. The Kier molecular flexibility index (Phi) is 6.65. The molecule has 0 aliphatic heterocycles. The van der Waals surface area contributed by atoms with Crippen molar-refractivity contribution in [3.63, 3.8) is 0 Å². The number of aliphatic carboxylic acids is 1. The van der Waals surface area contributed by atoms with Crippen LogP contribution in [0.5, 0.6) is 0 Å². The van der Waals surface area contributed by atoms with E-state index in [4.69, 9.17) is 23.2 Å². The zero-order valence-corrected chi connectivity index (χ0v) is 14.1. The molecular formula is C14H19Cl2NO2S. The largest absolute Gasteiger partial charge is 0.480 e. The monoisotopic (exact) mass is 335 g/mol. The minimum atomic E-state index is -0.868. The van der Waals surface area contributed by atoms with Gasteiger partial charge in [0.15, 0.2) is 0 Å². The quantitative estimate of drug-likeness (QED) is 0.755. The number of carboxylic acid groups (broad SMARTS) is 1. The van der Waals surface area contributed by atoms with Gasteiger partial charge in [-0.2, -0.15) is 0 Å². The van der Waals surface area contributed by atoms with E-state index in [0.717, 1.165) is 10.6 Å². The molecule has 0 saturated heterocycles. The minimum Gasteiger partial charge on any atom is -0.480 e. The summed E-state index contributed by atoms with van der Waals surface area (Å²) in [4.78, 5) is 14.1. The van der Waals surface area contributed by atoms with Crippen LogP contribution < -0.4 is 0 Å². The van der Waals surface area contributed by atoms with Crippen molar-refractivity contribution < 1.29 is 9.90 Å². The molecular weight excluding hydrogens is 317 g/mol. The Labute approximate surface area is 134 Å². The lowest BCUT2D eigenvalue weighted by molar-refractivity contribution is -0.149. The summed E-state index contributed by atoms with van der Waals surface area (Å²) in [7, 11) is 0. The second kappa shape index (κ2) is 7.55. The lowest BCUT2D eigenvalue weighted by Gasteiger charge is -2.34. The molecule has 3 nitrogen and oxygen atoms in total. The first-order valence-electron chi connectivity index (χ1n) is 6.35. The van der Waals surface area contributed by atoms with Crippen LogP contribution in [-0.4, -0.2) is 40.4 Å². The molecule has 0 aliphatic rings. The van der Waals surface area contributed by atoms with E-state index in [1.54, 1.807) is 37.7 Å². The molecule has 0 bridgehead atoms. The molecule has 112 valence electrons. The number of likely N-dealkylation sites (N-methyl/N-ethyl adjacent to an activating group) is 1. The highest BCUT2D eigenvalue weighted by atomic mass is 35.5. The van der Waals surface area contributed by atoms with Crippen molar-refractivity contribution in [2.75, 3.05) is 18.8 Å². The van der Waals surface area contributed by atoms with Gasteiger partial charge in [0.2, 0.25) is 0 Å². The third-order valence-electron chi connectivity index (χ3n) is 3.21. The summed E-state index contributed by atoms with van der Waals surface area (Å²) in [6, 6.07) is 5.35. The van der Waals surface area contributed by atoms with Crippen LogP contribution in [0.4, 0.5) is 0 Å². The Morgan fingerprint density at radius 1 is 1.40 bits per heavy atom. The van der Waals surface area contributed by atoms with Crippen LogP contribution in [-0.2, 0) is 4.79 Å². The third-order valence-corrected chi connectivity index (χ3v) is 4.92. The summed E-state index contributed by atoms with van der Waals surface area (Å²) >= 11 is 13.6. The molecule has 0 unspecified atom stereocenters. The summed E-state index contributed by atoms with van der Waals surface area (Å²) in [5.41, 5.74) is -0.868. The van der Waals surface area contributed by atoms with Crippen LogP contribution in [0.1, 0.15) is 20.8 Å². The number of hydrogen-bond acceptors (Lipinski definition) is 3. The Hall–Kier alpha value is -0.420. The zero-order valence-electron chi connectivity index (χ0n) is 11.8. The molecule has 20 heavy (non-hydrogen) atoms. The Morgan fingerprint density at radius 3 is 2.60 bits per heavy atom. The molecule has 0 atom stereocenters. The summed E-state index contributed by atoms with van der Waals surface area (Å²) in [5.74, 6) is -0.0601. The van der Waals surface area contributed by atoms with Gasteiger partial charge in [-0.15, -0.1) is 11.8 Å². The molecule has 6 heteroatoms. The highest BCUT2D eigenvalue weighted by Gasteiger charge is 2.33. The van der Waals surface area contributed by atoms with Crippen molar-refractivity contribution in [2.45, 2.75) is 31.2 Å². The Bertz CT molecular complexity index is 480. The third kappa shape index (κ3) is 4.55. The van der Waals surface area contributed by atoms with E-state index in [0.29, 0.717) is 23.1 Å². The van der Waals surface area contributed by atoms with E-state index in [9.17, 15) is 9.90 Å². The molecule has 0 aliphatic carbocycles. The molecule has 0 aromatic heterocycles. The molecule has 1 rings (SSSR count). The van der Waals surface area contributed by atoms with Crippen molar-refractivity contribution in [1.29, 1.82) is 0 Å². The SMILES string of the molecule is CCN(CCSc1cc(Cl)ccc1Cl)C(C)(C)C(=O)O. The summed E-state index contributed by atoms with van der Waals surface area (Å²) in [6.45, 7) is 6.75. The Morgan fingerprint density at radius 2 is 2.05 bits per heavy atom. The maximum atomic E-state index is 11.3. The first kappa shape index (κ1) is 17.6. The van der Waals surface area contributed by atoms with Crippen molar-refractivity contribution in [1.82, 2.24) is 4.90 Å². The zero-order chi connectivity index (χ0) is 15.3. The minimum absolute atomic E-state index is 0.648. The van der Waals surface area contributed by atoms with Gasteiger partial charge in [-0.3, -0.25) is 9.69 Å². The maximum Gasteiger partial charge on any atom is 0.323 e. The summed E-state index contributed by atoms with van der Waals surface area (Å²) in [5, 5.41) is 10.6. The fraction of sp³-hybridized carbons (Fsp3) is 0.500. The van der Waals surface area contributed by atoms with Crippen LogP contribution in [0, 0.1) is 0 Å². The van der Waals surface area contributed by atoms with Gasteiger partial charge in [0, 0.05) is 22.2 Å². The lowest BCUT2D eigenvalue weighted by Crippen LogP contribution is -2.50. The Balaban J connectivity index is 2.62. The number of thioether (sulfide) groups is 1. The fourth-order valence-electron chi connectivity index (χ4n) is 1.82. The smallest absolute Gasteiger partial charge is 0.323 e. The highest BCUT2D eigenvalue weighted by molar-refractivity contribution is 7.99. The number of nitrogens with zero attached hydrogens (tertiary/aromatic N) is 1. The topological polar surface area (TPSA) is 40.5 Å². The van der Waals surface area contributed by atoms with E-state index in [1.165, 1.54) is 0 Å². The van der Waals surface area contributed by atoms with Gasteiger partial charge in [0.05, 0.1) is 5.02 Å². The van der Waals surface area contributed by atoms with Gasteiger partial charge in [0.25, 0.3) is 0 Å². The molecule has 0 heterocycles. The number of carboxylic acids is 1. The molecule has 1 aromatic rings. The molecule has 0 spiro atoms. The van der Waals surface area contributed by atoms with E-state index in [-0.39, 0.29) is 0 Å². The highest BCUT2D eigenvalue weighted by Crippen LogP contribution is 2.30. The van der Waals surface area contributed by atoms with Gasteiger partial charge in [-0.05, 0) is 38.6 Å². The van der Waals surface area contributed by atoms with Crippen LogP contribution >= 0.6 is 35.0 Å².